The van der Waals surface area contributed by atoms with Gasteiger partial charge in [0.15, 0.2) is 0 Å². The second kappa shape index (κ2) is 7.88. The molecule has 1 unspecified atom stereocenters. The quantitative estimate of drug-likeness (QED) is 0.733. The maximum atomic E-state index is 12.5. The molecule has 0 N–H and O–H groups in total. The van der Waals surface area contributed by atoms with Gasteiger partial charge < -0.3 is 0 Å². The summed E-state index contributed by atoms with van der Waals surface area (Å²) < 4.78 is 12.6. The maximum absolute atomic E-state index is 12.5. The molecule has 1 saturated heterocycles. The molecule has 1 aromatic rings. The first kappa shape index (κ1) is 19.3. The fourth-order valence-corrected chi connectivity index (χ4v) is 6.13. The Labute approximate surface area is 151 Å². The first-order chi connectivity index (χ1) is 11.2. The van der Waals surface area contributed by atoms with Crippen molar-refractivity contribution in [1.29, 1.82) is 0 Å². The van der Waals surface area contributed by atoms with Crippen molar-refractivity contribution in [2.45, 2.75) is 57.4 Å². The Kier molecular flexibility index (Phi) is 6.32. The van der Waals surface area contributed by atoms with E-state index < -0.39 is 21.4 Å². The Hall–Kier alpha value is -1.06. The van der Waals surface area contributed by atoms with E-state index >= 15 is 0 Å². The number of likely N-dealkylation sites (tertiary alicyclic amines) is 1. The molecule has 24 heavy (non-hydrogen) atoms. The Morgan fingerprint density at radius 1 is 1.42 bits per heavy atom. The molecular formula is C18H29AsN2O3. The fraction of sp³-hybridized carbons (Fsp3) is 0.667. The molecule has 2 rings (SSSR count). The van der Waals surface area contributed by atoms with E-state index in [1.807, 2.05) is 31.9 Å². The molecule has 134 valence electrons. The molecule has 1 aliphatic heterocycles. The number of pyridine rings is 1. The zero-order valence-corrected chi connectivity index (χ0v) is 17.6. The van der Waals surface area contributed by atoms with Crippen molar-refractivity contribution < 1.29 is 14.3 Å². The van der Waals surface area contributed by atoms with Gasteiger partial charge in [0.1, 0.15) is 0 Å². The predicted octanol–water partition coefficient (Wildman–Crippen LogP) is 2.20. The van der Waals surface area contributed by atoms with Crippen LogP contribution in [0.4, 0.5) is 4.79 Å². The van der Waals surface area contributed by atoms with E-state index in [1.54, 1.807) is 7.11 Å². The topological polar surface area (TPSA) is 51.7 Å². The van der Waals surface area contributed by atoms with Crippen molar-refractivity contribution in [3.05, 3.63) is 23.4 Å². The van der Waals surface area contributed by atoms with Gasteiger partial charge in [0, 0.05) is 0 Å². The summed E-state index contributed by atoms with van der Waals surface area (Å²) in [6.45, 7) is 11.2. The van der Waals surface area contributed by atoms with Crippen molar-refractivity contribution in [2.24, 2.45) is 0 Å². The van der Waals surface area contributed by atoms with Gasteiger partial charge in [-0.25, -0.2) is 0 Å². The number of nitrogens with zero attached hydrogens (tertiary/aromatic N) is 2. The number of aromatic nitrogens is 1. The Morgan fingerprint density at radius 3 is 2.71 bits per heavy atom. The van der Waals surface area contributed by atoms with E-state index in [2.05, 4.69) is 24.9 Å². The molecule has 0 bridgehead atoms. The van der Waals surface area contributed by atoms with Crippen LogP contribution in [0.3, 0.4) is 0 Å². The van der Waals surface area contributed by atoms with Gasteiger partial charge in [-0.1, -0.05) is 0 Å². The minimum absolute atomic E-state index is 0.101. The van der Waals surface area contributed by atoms with Crippen LogP contribution >= 0.6 is 0 Å². The molecule has 0 saturated carbocycles. The molecule has 0 radical (unpaired) electrons. The molecule has 1 aromatic heterocycles. The average molecular weight is 396 g/mol. The summed E-state index contributed by atoms with van der Waals surface area (Å²) in [7, 11) is 1.68. The number of hydrogen-bond acceptors (Lipinski definition) is 4. The molecule has 3 atom stereocenters. The fourth-order valence-electron chi connectivity index (χ4n) is 2.98. The van der Waals surface area contributed by atoms with E-state index in [0.717, 1.165) is 13.0 Å². The van der Waals surface area contributed by atoms with E-state index in [4.69, 9.17) is 9.47 Å². The van der Waals surface area contributed by atoms with Crippen LogP contribution in [0.1, 0.15) is 38.3 Å². The zero-order chi connectivity index (χ0) is 17.9. The van der Waals surface area contributed by atoms with Crippen LogP contribution in [0.25, 0.3) is 0 Å². The van der Waals surface area contributed by atoms with Crippen molar-refractivity contribution in [1.82, 2.24) is 9.88 Å². The van der Waals surface area contributed by atoms with Gasteiger partial charge >= 0.3 is 152 Å². The first-order valence-corrected chi connectivity index (χ1v) is 10.6. The number of aryl methyl sites for hydroxylation is 2. The van der Waals surface area contributed by atoms with Gasteiger partial charge in [-0.15, -0.1) is 0 Å². The van der Waals surface area contributed by atoms with Gasteiger partial charge in [-0.2, -0.15) is 0 Å². The predicted molar refractivity (Wildman–Crippen MR) is 97.5 cm³/mol. The molecule has 1 fully saturated rings. The van der Waals surface area contributed by atoms with Crippen molar-refractivity contribution in [3.63, 3.8) is 0 Å². The van der Waals surface area contributed by atoms with Gasteiger partial charge in [0.2, 0.25) is 0 Å². The van der Waals surface area contributed by atoms with Crippen LogP contribution in [-0.2, 0) is 9.47 Å². The normalized spacial score (nSPS) is 21.7. The second-order valence-electron chi connectivity index (χ2n) is 7.50. The molecule has 6 heteroatoms. The van der Waals surface area contributed by atoms with Crippen LogP contribution in [0.2, 0.25) is 4.71 Å². The average Bonchev–Trinajstić information content (AvgIpc) is 2.83. The summed E-state index contributed by atoms with van der Waals surface area (Å²) in [4.78, 5) is 19.0. The first-order valence-electron chi connectivity index (χ1n) is 8.38. The van der Waals surface area contributed by atoms with Crippen molar-refractivity contribution in [3.8, 4) is 0 Å². The van der Waals surface area contributed by atoms with Crippen molar-refractivity contribution >= 4 is 26.3 Å². The molecule has 0 aromatic carbocycles. The molecular weight excluding hydrogens is 367 g/mol. The van der Waals surface area contributed by atoms with Crippen LogP contribution in [-0.4, -0.2) is 63.6 Å². The molecule has 0 spiro atoms. The summed E-state index contributed by atoms with van der Waals surface area (Å²) in [5.74, 6) is 0. The van der Waals surface area contributed by atoms with Crippen LogP contribution in [0.5, 0.6) is 0 Å². The van der Waals surface area contributed by atoms with Gasteiger partial charge in [0.05, 0.1) is 0 Å². The van der Waals surface area contributed by atoms with E-state index in [1.165, 1.54) is 15.6 Å². The monoisotopic (exact) mass is 396 g/mol. The van der Waals surface area contributed by atoms with Crippen LogP contribution in [0.15, 0.2) is 12.3 Å². The molecule has 2 heterocycles. The van der Waals surface area contributed by atoms with Gasteiger partial charge in [-0.3, -0.25) is 0 Å². The molecule has 1 aliphatic rings. The number of methoxy groups -OCH3 is 1. The second-order valence-corrected chi connectivity index (χ2v) is 10.8. The summed E-state index contributed by atoms with van der Waals surface area (Å²) in [5.41, 5.74) is 1.99. The number of amides is 1. The zero-order valence-electron chi connectivity index (χ0n) is 15.5. The summed E-state index contributed by atoms with van der Waals surface area (Å²) in [5, 5.41) is 0. The third kappa shape index (κ3) is 5.22. The summed E-state index contributed by atoms with van der Waals surface area (Å²) in [6, 6.07) is 2.29. The van der Waals surface area contributed by atoms with Crippen LogP contribution in [0, 0.1) is 13.8 Å². The third-order valence-electron chi connectivity index (χ3n) is 3.96. The van der Waals surface area contributed by atoms with E-state index in [0.29, 0.717) is 11.3 Å². The standard InChI is InChI=1S/C18H29AsN2O3/c1-12-7-13(2)16(20-9-12)19-14-8-15(11-23-6)21(10-14)17(22)24-18(3,4)5/h7,9,14-15,19H,8,10-11H2,1-6H3/t14-,15-/m0/s1. The minimum atomic E-state index is -0.474. The molecule has 0 aliphatic carbocycles. The summed E-state index contributed by atoms with van der Waals surface area (Å²) >= 11 is -0.407. The number of ether oxygens (including phenoxy) is 2. The Bertz CT molecular complexity index is 586. The number of carbonyl (C=O) groups is 1. The van der Waals surface area contributed by atoms with Crippen LogP contribution < -0.4 is 4.48 Å². The molecule has 5 nitrogen and oxygen atoms in total. The van der Waals surface area contributed by atoms with E-state index in [9.17, 15) is 4.79 Å². The molecule has 1 amide bonds. The SMILES string of the molecule is COC[C@@H]1C[C@H]([AsH]c2ncc(C)cc2C)CN1C(=O)OC(C)(C)C. The number of carbonyl (C=O) groups excluding carboxylic acids is 1. The van der Waals surface area contributed by atoms with E-state index in [-0.39, 0.29) is 12.1 Å². The van der Waals surface area contributed by atoms with Crippen molar-refractivity contribution in [2.75, 3.05) is 20.3 Å². The van der Waals surface area contributed by atoms with Gasteiger partial charge in [0.25, 0.3) is 0 Å². The summed E-state index contributed by atoms with van der Waals surface area (Å²) in [6.07, 6.45) is 2.69. The van der Waals surface area contributed by atoms with Gasteiger partial charge in [-0.05, 0) is 0 Å². The number of rotatable bonds is 4. The number of hydrogen-bond donors (Lipinski definition) is 0. The Balaban J connectivity index is 2.07. The Morgan fingerprint density at radius 2 is 2.12 bits per heavy atom. The third-order valence-corrected chi connectivity index (χ3v) is 7.36.